The molecule has 0 spiro atoms. The zero-order valence-corrected chi connectivity index (χ0v) is 19.7. The maximum atomic E-state index is 13.2. The van der Waals surface area contributed by atoms with Gasteiger partial charge in [-0.2, -0.15) is 4.31 Å². The number of carbonyl (C=O) groups is 2. The van der Waals surface area contributed by atoms with E-state index >= 15 is 0 Å². The van der Waals surface area contributed by atoms with E-state index in [0.717, 1.165) is 0 Å². The summed E-state index contributed by atoms with van der Waals surface area (Å²) in [6.45, 7) is 0.351. The lowest BCUT2D eigenvalue weighted by molar-refractivity contribution is -0.160. The Balaban J connectivity index is 1.43. The van der Waals surface area contributed by atoms with Crippen molar-refractivity contribution in [2.75, 3.05) is 18.4 Å². The second kappa shape index (κ2) is 10.8. The number of piperidine rings is 1. The minimum atomic E-state index is -3.64. The van der Waals surface area contributed by atoms with Crippen LogP contribution in [-0.2, 0) is 24.3 Å². The lowest BCUT2D eigenvalue weighted by atomic mass is 9.98. The van der Waals surface area contributed by atoms with Gasteiger partial charge in [-0.25, -0.2) is 12.8 Å². The van der Waals surface area contributed by atoms with E-state index in [-0.39, 0.29) is 30.8 Å². The summed E-state index contributed by atoms with van der Waals surface area (Å²) in [5.74, 6) is -2.11. The fourth-order valence-corrected chi connectivity index (χ4v) is 5.42. The van der Waals surface area contributed by atoms with Gasteiger partial charge in [0.25, 0.3) is 5.91 Å². The highest BCUT2D eigenvalue weighted by molar-refractivity contribution is 7.89. The number of halogens is 1. The number of amides is 1. The van der Waals surface area contributed by atoms with Crippen LogP contribution >= 0.6 is 0 Å². The average Bonchev–Trinajstić information content (AvgIpc) is 2.89. The molecule has 0 bridgehead atoms. The number of sulfonamides is 1. The van der Waals surface area contributed by atoms with Crippen molar-refractivity contribution >= 4 is 27.6 Å². The Kier molecular flexibility index (Phi) is 7.57. The van der Waals surface area contributed by atoms with Crippen LogP contribution in [0.1, 0.15) is 24.5 Å². The summed E-state index contributed by atoms with van der Waals surface area (Å²) in [6.07, 6.45) is -0.641. The normalized spacial score (nSPS) is 15.8. The number of rotatable bonds is 7. The molecule has 3 aromatic rings. The molecule has 1 aliphatic rings. The first-order chi connectivity index (χ1) is 16.8. The molecule has 1 saturated heterocycles. The van der Waals surface area contributed by atoms with Crippen LogP contribution in [0.25, 0.3) is 0 Å². The van der Waals surface area contributed by atoms with Crippen LogP contribution in [0.4, 0.5) is 10.1 Å². The number of nitrogens with one attached hydrogen (secondary N) is 1. The van der Waals surface area contributed by atoms with E-state index < -0.39 is 39.7 Å². The van der Waals surface area contributed by atoms with Gasteiger partial charge in [-0.15, -0.1) is 0 Å². The van der Waals surface area contributed by atoms with Crippen molar-refractivity contribution < 1.29 is 27.1 Å². The third kappa shape index (κ3) is 5.93. The Labute approximate surface area is 203 Å². The number of carbonyl (C=O) groups excluding carboxylic acids is 2. The van der Waals surface area contributed by atoms with Gasteiger partial charge in [0, 0.05) is 24.3 Å². The van der Waals surface area contributed by atoms with Gasteiger partial charge in [-0.3, -0.25) is 9.59 Å². The molecule has 1 aliphatic heterocycles. The molecular weight excluding hydrogens is 471 g/mol. The molecule has 4 rings (SSSR count). The third-order valence-electron chi connectivity index (χ3n) is 5.85. The molecule has 3 aromatic carbocycles. The first kappa shape index (κ1) is 24.6. The van der Waals surface area contributed by atoms with Crippen molar-refractivity contribution in [3.05, 3.63) is 96.3 Å². The van der Waals surface area contributed by atoms with Crippen molar-refractivity contribution in [3.63, 3.8) is 0 Å². The van der Waals surface area contributed by atoms with Gasteiger partial charge in [-0.1, -0.05) is 48.5 Å². The Morgan fingerprint density at radius 3 is 2.06 bits per heavy atom. The lowest BCUT2D eigenvalue weighted by Crippen LogP contribution is -2.41. The van der Waals surface area contributed by atoms with E-state index in [0.29, 0.717) is 11.3 Å². The highest BCUT2D eigenvalue weighted by Gasteiger charge is 2.35. The fraction of sp³-hybridized carbons (Fsp3) is 0.231. The van der Waals surface area contributed by atoms with Crippen LogP contribution < -0.4 is 5.32 Å². The number of benzene rings is 3. The molecule has 0 saturated carbocycles. The summed E-state index contributed by atoms with van der Waals surface area (Å²) in [4.78, 5) is 26.2. The van der Waals surface area contributed by atoms with Gasteiger partial charge in [-0.05, 0) is 49.2 Å². The Morgan fingerprint density at radius 2 is 1.46 bits per heavy atom. The van der Waals surface area contributed by atoms with Crippen LogP contribution in [0.2, 0.25) is 0 Å². The number of esters is 1. The summed E-state index contributed by atoms with van der Waals surface area (Å²) >= 11 is 0. The highest BCUT2D eigenvalue weighted by Crippen LogP contribution is 2.28. The number of nitrogens with zero attached hydrogens (tertiary/aromatic N) is 1. The van der Waals surface area contributed by atoms with Gasteiger partial charge in [0.15, 0.2) is 0 Å². The summed E-state index contributed by atoms with van der Waals surface area (Å²) < 4.78 is 45.9. The molecule has 1 unspecified atom stereocenters. The molecule has 1 atom stereocenters. The maximum absolute atomic E-state index is 13.2. The van der Waals surface area contributed by atoms with Gasteiger partial charge in [0.1, 0.15) is 5.82 Å². The van der Waals surface area contributed by atoms with Crippen LogP contribution in [0.3, 0.4) is 0 Å². The van der Waals surface area contributed by atoms with E-state index in [1.807, 2.05) is 0 Å². The number of anilines is 1. The molecule has 182 valence electrons. The zero-order valence-electron chi connectivity index (χ0n) is 18.8. The lowest BCUT2D eigenvalue weighted by Gasteiger charge is -2.31. The molecule has 1 fully saturated rings. The standard InChI is InChI=1S/C26H25FN2O5S/c27-21-11-13-22(14-12-21)28-25(30)24(19-7-3-1-4-8-19)34-26(31)20-15-17-29(18-16-20)35(32,33)23-9-5-2-6-10-23/h1-14,20,24H,15-18H2,(H,28,30). The molecule has 0 aliphatic carbocycles. The maximum Gasteiger partial charge on any atom is 0.310 e. The number of ether oxygens (including phenoxy) is 1. The Bertz CT molecular complexity index is 1260. The summed E-state index contributed by atoms with van der Waals surface area (Å²) in [5.41, 5.74) is 0.859. The second-order valence-electron chi connectivity index (χ2n) is 8.22. The monoisotopic (exact) mass is 496 g/mol. The first-order valence-corrected chi connectivity index (χ1v) is 12.7. The first-order valence-electron chi connectivity index (χ1n) is 11.2. The molecule has 1 N–H and O–H groups in total. The van der Waals surface area contributed by atoms with Crippen molar-refractivity contribution in [2.24, 2.45) is 5.92 Å². The third-order valence-corrected chi connectivity index (χ3v) is 7.77. The van der Waals surface area contributed by atoms with Crippen LogP contribution in [0, 0.1) is 11.7 Å². The van der Waals surface area contributed by atoms with E-state index in [2.05, 4.69) is 5.32 Å². The minimum absolute atomic E-state index is 0.175. The van der Waals surface area contributed by atoms with Crippen LogP contribution in [0.5, 0.6) is 0 Å². The average molecular weight is 497 g/mol. The topological polar surface area (TPSA) is 92.8 Å². The van der Waals surface area contributed by atoms with Gasteiger partial charge >= 0.3 is 5.97 Å². The molecule has 1 heterocycles. The van der Waals surface area contributed by atoms with E-state index in [4.69, 9.17) is 4.74 Å². The summed E-state index contributed by atoms with van der Waals surface area (Å²) in [5, 5.41) is 2.65. The minimum Gasteiger partial charge on any atom is -0.447 e. The predicted octanol–water partition coefficient (Wildman–Crippen LogP) is 4.15. The van der Waals surface area contributed by atoms with Crippen molar-refractivity contribution in [3.8, 4) is 0 Å². The largest absolute Gasteiger partial charge is 0.447 e. The van der Waals surface area contributed by atoms with Crippen LogP contribution in [0.15, 0.2) is 89.8 Å². The second-order valence-corrected chi connectivity index (χ2v) is 10.2. The van der Waals surface area contributed by atoms with Gasteiger partial charge in [0.05, 0.1) is 10.8 Å². The fourth-order valence-electron chi connectivity index (χ4n) is 3.93. The highest BCUT2D eigenvalue weighted by atomic mass is 32.2. The van der Waals surface area contributed by atoms with E-state index in [1.165, 1.54) is 28.6 Å². The summed E-state index contributed by atoms with van der Waals surface area (Å²) in [7, 11) is -3.64. The molecule has 0 aromatic heterocycles. The number of hydrogen-bond acceptors (Lipinski definition) is 5. The predicted molar refractivity (Wildman–Crippen MR) is 128 cm³/mol. The zero-order chi connectivity index (χ0) is 24.8. The molecular formula is C26H25FN2O5S. The van der Waals surface area contributed by atoms with Crippen molar-refractivity contribution in [1.82, 2.24) is 4.31 Å². The van der Waals surface area contributed by atoms with E-state index in [1.54, 1.807) is 60.7 Å². The summed E-state index contributed by atoms with van der Waals surface area (Å²) in [6, 6.07) is 22.0. The van der Waals surface area contributed by atoms with Gasteiger partial charge in [0.2, 0.25) is 16.1 Å². The number of hydrogen-bond donors (Lipinski definition) is 1. The van der Waals surface area contributed by atoms with E-state index in [9.17, 15) is 22.4 Å². The Hall–Kier alpha value is -3.56. The molecule has 35 heavy (non-hydrogen) atoms. The SMILES string of the molecule is O=C(OC(C(=O)Nc1ccc(F)cc1)c1ccccc1)C1CCN(S(=O)(=O)c2ccccc2)CC1. The smallest absolute Gasteiger partial charge is 0.310 e. The molecule has 1 amide bonds. The molecule has 0 radical (unpaired) electrons. The Morgan fingerprint density at radius 1 is 0.886 bits per heavy atom. The van der Waals surface area contributed by atoms with Crippen molar-refractivity contribution in [1.29, 1.82) is 0 Å². The van der Waals surface area contributed by atoms with Crippen molar-refractivity contribution in [2.45, 2.75) is 23.8 Å². The van der Waals surface area contributed by atoms with Gasteiger partial charge < -0.3 is 10.1 Å². The molecule has 9 heteroatoms. The molecule has 7 nitrogen and oxygen atoms in total. The van der Waals surface area contributed by atoms with Crippen LogP contribution in [-0.4, -0.2) is 37.7 Å². The quantitative estimate of drug-likeness (QED) is 0.496.